The van der Waals surface area contributed by atoms with Gasteiger partial charge in [0.05, 0.1) is 12.2 Å². The minimum atomic E-state index is -4.65. The highest BCUT2D eigenvalue weighted by atomic mass is 32.2. The molecule has 0 fully saturated rings. The summed E-state index contributed by atoms with van der Waals surface area (Å²) in [5.41, 5.74) is 0. The quantitative estimate of drug-likeness (QED) is 0.792. The number of thioether (sulfide) groups is 1. The normalized spacial score (nSPS) is 12.8. The Morgan fingerprint density at radius 1 is 1.25 bits per heavy atom. The van der Waals surface area contributed by atoms with E-state index in [1.54, 1.807) is 30.3 Å². The Bertz CT molecular complexity index is 465. The lowest BCUT2D eigenvalue weighted by Gasteiger charge is -2.16. The number of benzene rings is 1. The fraction of sp³-hybridized carbons (Fsp3) is 0.333. The maximum atomic E-state index is 12.1. The van der Waals surface area contributed by atoms with Crippen molar-refractivity contribution in [1.29, 1.82) is 0 Å². The number of halogens is 3. The van der Waals surface area contributed by atoms with Crippen LogP contribution >= 0.6 is 11.8 Å². The van der Waals surface area contributed by atoms with Crippen molar-refractivity contribution < 1.29 is 27.9 Å². The molecule has 1 amide bonds. The molecule has 1 atom stereocenters. The van der Waals surface area contributed by atoms with Gasteiger partial charge in [0.25, 0.3) is 0 Å². The zero-order valence-electron chi connectivity index (χ0n) is 10.2. The van der Waals surface area contributed by atoms with Crippen molar-refractivity contribution in [3.8, 4) is 0 Å². The van der Waals surface area contributed by atoms with Crippen LogP contribution in [0, 0.1) is 0 Å². The molecule has 0 spiro atoms. The molecular weight excluding hydrogens is 295 g/mol. The number of carbonyl (C=O) groups is 2. The van der Waals surface area contributed by atoms with E-state index in [1.807, 2.05) is 5.32 Å². The highest BCUT2D eigenvalue weighted by molar-refractivity contribution is 8.00. The van der Waals surface area contributed by atoms with Crippen molar-refractivity contribution in [3.05, 3.63) is 30.3 Å². The molecule has 0 saturated carbocycles. The minimum Gasteiger partial charge on any atom is -0.480 e. The predicted molar refractivity (Wildman–Crippen MR) is 67.4 cm³/mol. The smallest absolute Gasteiger partial charge is 0.391 e. The third kappa shape index (κ3) is 6.46. The van der Waals surface area contributed by atoms with Crippen molar-refractivity contribution in [3.63, 3.8) is 0 Å². The lowest BCUT2D eigenvalue weighted by Crippen LogP contribution is -2.44. The van der Waals surface area contributed by atoms with Crippen LogP contribution in [0.25, 0.3) is 0 Å². The van der Waals surface area contributed by atoms with Crippen LogP contribution in [0.1, 0.15) is 6.42 Å². The number of rotatable bonds is 6. The molecule has 0 heterocycles. The molecule has 0 radical (unpaired) electrons. The SMILES string of the molecule is O=C(CSc1ccccc1)NC(CC(F)(F)F)C(=O)O. The Morgan fingerprint density at radius 3 is 2.35 bits per heavy atom. The zero-order chi connectivity index (χ0) is 15.2. The van der Waals surface area contributed by atoms with Gasteiger partial charge in [-0.3, -0.25) is 4.79 Å². The van der Waals surface area contributed by atoms with Crippen molar-refractivity contribution in [2.45, 2.75) is 23.5 Å². The standard InChI is InChI=1S/C12H12F3NO3S/c13-12(14,15)6-9(11(18)19)16-10(17)7-20-8-4-2-1-3-5-8/h1-5,9H,6-7H2,(H,16,17)(H,18,19). The van der Waals surface area contributed by atoms with E-state index in [9.17, 15) is 22.8 Å². The Labute approximate surface area is 117 Å². The first kappa shape index (κ1) is 16.4. The number of carboxylic acids is 1. The molecule has 8 heteroatoms. The summed E-state index contributed by atoms with van der Waals surface area (Å²) in [5.74, 6) is -2.61. The lowest BCUT2D eigenvalue weighted by molar-refractivity contribution is -0.159. The highest BCUT2D eigenvalue weighted by Crippen LogP contribution is 2.22. The van der Waals surface area contributed by atoms with Gasteiger partial charge in [-0.1, -0.05) is 18.2 Å². The second-order valence-electron chi connectivity index (χ2n) is 3.88. The summed E-state index contributed by atoms with van der Waals surface area (Å²) in [7, 11) is 0. The molecular formula is C12H12F3NO3S. The van der Waals surface area contributed by atoms with Gasteiger partial charge in [-0.15, -0.1) is 11.8 Å². The monoisotopic (exact) mass is 307 g/mol. The Morgan fingerprint density at radius 2 is 1.85 bits per heavy atom. The number of hydrogen-bond acceptors (Lipinski definition) is 3. The van der Waals surface area contributed by atoms with E-state index in [4.69, 9.17) is 5.11 Å². The number of amides is 1. The maximum absolute atomic E-state index is 12.1. The fourth-order valence-corrected chi connectivity index (χ4v) is 2.06. The average molecular weight is 307 g/mol. The average Bonchev–Trinajstić information content (AvgIpc) is 2.35. The summed E-state index contributed by atoms with van der Waals surface area (Å²) in [6, 6.07) is 6.81. The van der Waals surface area contributed by atoms with E-state index in [0.29, 0.717) is 0 Å². The van der Waals surface area contributed by atoms with Crippen LogP contribution in [-0.4, -0.2) is 35.0 Å². The van der Waals surface area contributed by atoms with E-state index < -0.39 is 30.5 Å². The first-order chi connectivity index (χ1) is 9.28. The van der Waals surface area contributed by atoms with E-state index >= 15 is 0 Å². The van der Waals surface area contributed by atoms with Gasteiger partial charge in [0.2, 0.25) is 5.91 Å². The van der Waals surface area contributed by atoms with Gasteiger partial charge in [0.1, 0.15) is 6.04 Å². The Balaban J connectivity index is 2.48. The topological polar surface area (TPSA) is 66.4 Å². The van der Waals surface area contributed by atoms with Gasteiger partial charge in [0.15, 0.2) is 0 Å². The molecule has 20 heavy (non-hydrogen) atoms. The van der Waals surface area contributed by atoms with Crippen LogP contribution in [0.15, 0.2) is 35.2 Å². The summed E-state index contributed by atoms with van der Waals surface area (Å²) < 4.78 is 36.4. The summed E-state index contributed by atoms with van der Waals surface area (Å²) in [5, 5.41) is 10.5. The number of nitrogens with one attached hydrogen (secondary N) is 1. The molecule has 1 unspecified atom stereocenters. The molecule has 0 aromatic heterocycles. The van der Waals surface area contributed by atoms with Crippen LogP contribution < -0.4 is 5.32 Å². The molecule has 1 aromatic carbocycles. The second-order valence-corrected chi connectivity index (χ2v) is 4.93. The first-order valence-electron chi connectivity index (χ1n) is 5.54. The number of hydrogen-bond donors (Lipinski definition) is 2. The third-order valence-electron chi connectivity index (χ3n) is 2.18. The van der Waals surface area contributed by atoms with Crippen LogP contribution in [-0.2, 0) is 9.59 Å². The van der Waals surface area contributed by atoms with Crippen molar-refractivity contribution in [2.75, 3.05) is 5.75 Å². The van der Waals surface area contributed by atoms with Crippen LogP contribution in [0.3, 0.4) is 0 Å². The van der Waals surface area contributed by atoms with Crippen LogP contribution in [0.4, 0.5) is 13.2 Å². The highest BCUT2D eigenvalue weighted by Gasteiger charge is 2.36. The maximum Gasteiger partial charge on any atom is 0.391 e. The molecule has 1 aromatic rings. The van der Waals surface area contributed by atoms with Gasteiger partial charge < -0.3 is 10.4 Å². The summed E-state index contributed by atoms with van der Waals surface area (Å²) in [4.78, 5) is 22.9. The molecule has 0 bridgehead atoms. The Kier molecular flexibility index (Phi) is 5.87. The number of aliphatic carboxylic acids is 1. The van der Waals surface area contributed by atoms with Gasteiger partial charge in [-0.2, -0.15) is 13.2 Å². The van der Waals surface area contributed by atoms with E-state index in [0.717, 1.165) is 16.7 Å². The summed E-state index contributed by atoms with van der Waals surface area (Å²) in [6.07, 6.45) is -6.24. The molecule has 1 rings (SSSR count). The second kappa shape index (κ2) is 7.18. The Hall–Kier alpha value is -1.70. The van der Waals surface area contributed by atoms with Gasteiger partial charge >= 0.3 is 12.1 Å². The van der Waals surface area contributed by atoms with E-state index in [2.05, 4.69) is 0 Å². The number of carbonyl (C=O) groups excluding carboxylic acids is 1. The summed E-state index contributed by atoms with van der Waals surface area (Å²) in [6.45, 7) is 0. The minimum absolute atomic E-state index is 0.147. The van der Waals surface area contributed by atoms with Crippen LogP contribution in [0.5, 0.6) is 0 Å². The lowest BCUT2D eigenvalue weighted by atomic mass is 10.2. The van der Waals surface area contributed by atoms with Crippen molar-refractivity contribution in [1.82, 2.24) is 5.32 Å². The third-order valence-corrected chi connectivity index (χ3v) is 3.19. The predicted octanol–water partition coefficient (Wildman–Crippen LogP) is 2.30. The fourth-order valence-electron chi connectivity index (χ4n) is 1.33. The first-order valence-corrected chi connectivity index (χ1v) is 6.53. The number of carboxylic acid groups (broad SMARTS) is 1. The van der Waals surface area contributed by atoms with Crippen LogP contribution in [0.2, 0.25) is 0 Å². The number of alkyl halides is 3. The molecule has 4 nitrogen and oxygen atoms in total. The zero-order valence-corrected chi connectivity index (χ0v) is 11.0. The molecule has 0 saturated heterocycles. The van der Waals surface area contributed by atoms with Gasteiger partial charge in [0, 0.05) is 4.90 Å². The van der Waals surface area contributed by atoms with Crippen molar-refractivity contribution in [2.24, 2.45) is 0 Å². The molecule has 2 N–H and O–H groups in total. The molecule has 0 aliphatic heterocycles. The molecule has 110 valence electrons. The molecule has 0 aliphatic carbocycles. The van der Waals surface area contributed by atoms with Gasteiger partial charge in [-0.05, 0) is 12.1 Å². The van der Waals surface area contributed by atoms with E-state index in [1.165, 1.54) is 0 Å². The molecule has 0 aliphatic rings. The van der Waals surface area contributed by atoms with E-state index in [-0.39, 0.29) is 5.75 Å². The van der Waals surface area contributed by atoms with Crippen molar-refractivity contribution >= 4 is 23.6 Å². The largest absolute Gasteiger partial charge is 0.480 e. The summed E-state index contributed by atoms with van der Waals surface area (Å²) >= 11 is 1.11. The van der Waals surface area contributed by atoms with Gasteiger partial charge in [-0.25, -0.2) is 4.79 Å².